The molecule has 2 amide bonds. The maximum Gasteiger partial charge on any atom is 0.407 e. The Labute approximate surface area is 297 Å². The van der Waals surface area contributed by atoms with E-state index >= 15 is 0 Å². The molecule has 5 atom stereocenters. The van der Waals surface area contributed by atoms with E-state index in [1.54, 1.807) is 4.90 Å². The molecule has 49 heavy (non-hydrogen) atoms. The van der Waals surface area contributed by atoms with Crippen LogP contribution in [0.5, 0.6) is 0 Å². The van der Waals surface area contributed by atoms with Crippen molar-refractivity contribution < 1.29 is 34.4 Å². The standard InChI is InChI=1S/C40H70N2O7/c1-3-5-7-9-11-13-15-16-18-20-25-29-35(44)42(30-26-21-19-17-14-12-10-8-6-4-2)39-36(38(46)37(45)34(31-43)49-39)41-40(47)48-32-33-27-23-22-24-28-33/h22-24,27-28,34,36-39,43,45-46H,3-21,25-26,29-32H2,1-2H3,(H,41,47)/t34-,36-,37-,38-,39-/m1/s1. The molecule has 1 aliphatic rings. The number of hydrogen-bond acceptors (Lipinski definition) is 7. The van der Waals surface area contributed by atoms with Gasteiger partial charge in [0.05, 0.1) is 6.61 Å². The molecule has 2 rings (SSSR count). The third-order valence-corrected chi connectivity index (χ3v) is 9.77. The monoisotopic (exact) mass is 691 g/mol. The maximum atomic E-state index is 13.8. The number of nitrogens with zero attached hydrogens (tertiary/aromatic N) is 1. The molecule has 4 N–H and O–H groups in total. The highest BCUT2D eigenvalue weighted by Gasteiger charge is 2.48. The number of carbonyl (C=O) groups is 2. The second kappa shape index (κ2) is 27.5. The molecular formula is C40H70N2O7. The zero-order valence-electron chi connectivity index (χ0n) is 30.9. The van der Waals surface area contributed by atoms with E-state index in [1.165, 1.54) is 89.9 Å². The molecule has 0 spiro atoms. The molecule has 9 heteroatoms. The summed E-state index contributed by atoms with van der Waals surface area (Å²) in [6.07, 6.45) is 19.1. The molecule has 282 valence electrons. The molecule has 0 saturated carbocycles. The molecule has 1 saturated heterocycles. The third-order valence-electron chi connectivity index (χ3n) is 9.77. The number of nitrogens with one attached hydrogen (secondary N) is 1. The number of aliphatic hydroxyl groups is 3. The number of alkyl carbamates (subject to hydrolysis) is 1. The Kier molecular flexibility index (Phi) is 24.1. The second-order valence-electron chi connectivity index (χ2n) is 14.0. The van der Waals surface area contributed by atoms with Crippen LogP contribution in [0.4, 0.5) is 4.79 Å². The first-order valence-corrected chi connectivity index (χ1v) is 19.8. The van der Waals surface area contributed by atoms with E-state index in [4.69, 9.17) is 9.47 Å². The normalized spacial score (nSPS) is 20.6. The minimum absolute atomic E-state index is 0.0307. The second-order valence-corrected chi connectivity index (χ2v) is 14.0. The molecule has 0 bridgehead atoms. The predicted octanol–water partition coefficient (Wildman–Crippen LogP) is 8.17. The molecule has 0 aliphatic carbocycles. The van der Waals surface area contributed by atoms with Crippen LogP contribution in [0.3, 0.4) is 0 Å². The fourth-order valence-electron chi connectivity index (χ4n) is 6.67. The van der Waals surface area contributed by atoms with Gasteiger partial charge in [-0.3, -0.25) is 4.79 Å². The molecule has 0 unspecified atom stereocenters. The SMILES string of the molecule is CCCCCCCCCCCCCC(=O)N(CCCCCCCCCCCC)[C@@H]1O[C@H](CO)[C@@H](O)[C@H](O)[C@H]1NC(=O)OCc1ccccc1. The molecule has 1 heterocycles. The van der Waals surface area contributed by atoms with Crippen LogP contribution in [0.15, 0.2) is 30.3 Å². The predicted molar refractivity (Wildman–Crippen MR) is 196 cm³/mol. The van der Waals surface area contributed by atoms with Gasteiger partial charge in [-0.2, -0.15) is 0 Å². The lowest BCUT2D eigenvalue weighted by Crippen LogP contribution is -2.68. The topological polar surface area (TPSA) is 129 Å². The Hall–Kier alpha value is -2.20. The first-order chi connectivity index (χ1) is 23.9. The van der Waals surface area contributed by atoms with Crippen LogP contribution in [0.1, 0.15) is 161 Å². The Morgan fingerprint density at radius 1 is 0.714 bits per heavy atom. The van der Waals surface area contributed by atoms with Gasteiger partial charge in [0.25, 0.3) is 0 Å². The average Bonchev–Trinajstić information content (AvgIpc) is 3.11. The van der Waals surface area contributed by atoms with Crippen LogP contribution >= 0.6 is 0 Å². The summed E-state index contributed by atoms with van der Waals surface area (Å²) in [5, 5.41) is 34.5. The van der Waals surface area contributed by atoms with Crippen LogP contribution in [0, 0.1) is 0 Å². The molecule has 1 aromatic rings. The lowest BCUT2D eigenvalue weighted by Gasteiger charge is -2.46. The van der Waals surface area contributed by atoms with Gasteiger partial charge in [0.1, 0.15) is 31.0 Å². The van der Waals surface area contributed by atoms with E-state index in [0.29, 0.717) is 13.0 Å². The average molecular weight is 691 g/mol. The fraction of sp³-hybridized carbons (Fsp3) is 0.800. The number of hydrogen-bond donors (Lipinski definition) is 4. The lowest BCUT2D eigenvalue weighted by molar-refractivity contribution is -0.230. The Bertz CT molecular complexity index is 965. The van der Waals surface area contributed by atoms with E-state index in [-0.39, 0.29) is 12.5 Å². The summed E-state index contributed by atoms with van der Waals surface area (Å²) in [7, 11) is 0. The number of carbonyl (C=O) groups excluding carboxylic acids is 2. The summed E-state index contributed by atoms with van der Waals surface area (Å²) in [6, 6.07) is 8.12. The van der Waals surface area contributed by atoms with Gasteiger partial charge in [-0.15, -0.1) is 0 Å². The third kappa shape index (κ3) is 18.0. The van der Waals surface area contributed by atoms with Gasteiger partial charge >= 0.3 is 6.09 Å². The van der Waals surface area contributed by atoms with Gasteiger partial charge in [0.2, 0.25) is 5.91 Å². The van der Waals surface area contributed by atoms with Crippen LogP contribution in [-0.2, 0) is 20.9 Å². The number of aliphatic hydroxyl groups excluding tert-OH is 3. The van der Waals surface area contributed by atoms with Crippen molar-refractivity contribution in [3.8, 4) is 0 Å². The first-order valence-electron chi connectivity index (χ1n) is 19.8. The Balaban J connectivity index is 1.99. The highest BCUT2D eigenvalue weighted by atomic mass is 16.6. The maximum absolute atomic E-state index is 13.8. The van der Waals surface area contributed by atoms with E-state index in [1.807, 2.05) is 30.3 Å². The largest absolute Gasteiger partial charge is 0.445 e. The Morgan fingerprint density at radius 3 is 1.71 bits per heavy atom. The molecular weight excluding hydrogens is 620 g/mol. The van der Waals surface area contributed by atoms with E-state index in [2.05, 4.69) is 19.2 Å². The quantitative estimate of drug-likeness (QED) is 0.0653. The summed E-state index contributed by atoms with van der Waals surface area (Å²) in [5.41, 5.74) is 0.805. The van der Waals surface area contributed by atoms with Crippen LogP contribution in [-0.4, -0.2) is 76.0 Å². The van der Waals surface area contributed by atoms with E-state index in [9.17, 15) is 24.9 Å². The van der Waals surface area contributed by atoms with Crippen molar-refractivity contribution in [1.82, 2.24) is 10.2 Å². The van der Waals surface area contributed by atoms with Gasteiger partial charge in [0, 0.05) is 13.0 Å². The molecule has 1 aromatic carbocycles. The number of ether oxygens (including phenoxy) is 2. The van der Waals surface area contributed by atoms with Crippen molar-refractivity contribution in [2.24, 2.45) is 0 Å². The highest BCUT2D eigenvalue weighted by Crippen LogP contribution is 2.26. The minimum Gasteiger partial charge on any atom is -0.445 e. The van der Waals surface area contributed by atoms with Crippen molar-refractivity contribution in [1.29, 1.82) is 0 Å². The van der Waals surface area contributed by atoms with Crippen LogP contribution in [0.2, 0.25) is 0 Å². The number of unbranched alkanes of at least 4 members (excludes halogenated alkanes) is 19. The summed E-state index contributed by atoms with van der Waals surface area (Å²) in [5.74, 6) is -0.110. The van der Waals surface area contributed by atoms with Crippen molar-refractivity contribution in [2.75, 3.05) is 13.2 Å². The van der Waals surface area contributed by atoms with Gasteiger partial charge < -0.3 is 35.0 Å². The molecule has 9 nitrogen and oxygen atoms in total. The molecule has 0 aromatic heterocycles. The summed E-state index contributed by atoms with van der Waals surface area (Å²) < 4.78 is 11.5. The van der Waals surface area contributed by atoms with Crippen molar-refractivity contribution in [2.45, 2.75) is 192 Å². The number of amides is 2. The van der Waals surface area contributed by atoms with E-state index < -0.39 is 43.3 Å². The minimum atomic E-state index is -1.47. The van der Waals surface area contributed by atoms with Gasteiger partial charge in [-0.1, -0.05) is 166 Å². The van der Waals surface area contributed by atoms with E-state index in [0.717, 1.165) is 50.5 Å². The summed E-state index contributed by atoms with van der Waals surface area (Å²) in [6.45, 7) is 4.37. The first kappa shape index (κ1) is 43.0. The Morgan fingerprint density at radius 2 is 1.20 bits per heavy atom. The van der Waals surface area contributed by atoms with Crippen molar-refractivity contribution in [3.05, 3.63) is 35.9 Å². The van der Waals surface area contributed by atoms with Crippen LogP contribution < -0.4 is 5.32 Å². The molecule has 1 fully saturated rings. The van der Waals surface area contributed by atoms with Gasteiger partial charge in [0.15, 0.2) is 6.23 Å². The van der Waals surface area contributed by atoms with Crippen molar-refractivity contribution >= 4 is 12.0 Å². The van der Waals surface area contributed by atoms with Gasteiger partial charge in [-0.05, 0) is 18.4 Å². The number of benzene rings is 1. The van der Waals surface area contributed by atoms with Crippen LogP contribution in [0.25, 0.3) is 0 Å². The smallest absolute Gasteiger partial charge is 0.407 e. The summed E-state index contributed by atoms with van der Waals surface area (Å²) >= 11 is 0. The highest BCUT2D eigenvalue weighted by molar-refractivity contribution is 5.76. The molecule has 1 aliphatic heterocycles. The number of rotatable bonds is 28. The van der Waals surface area contributed by atoms with Crippen molar-refractivity contribution in [3.63, 3.8) is 0 Å². The lowest BCUT2D eigenvalue weighted by atomic mass is 9.95. The molecule has 0 radical (unpaired) electrons. The fourth-order valence-corrected chi connectivity index (χ4v) is 6.67. The summed E-state index contributed by atoms with van der Waals surface area (Å²) in [4.78, 5) is 28.3. The zero-order chi connectivity index (χ0) is 35.5. The zero-order valence-corrected chi connectivity index (χ0v) is 30.9. The van der Waals surface area contributed by atoms with Gasteiger partial charge in [-0.25, -0.2) is 4.79 Å².